The smallest absolute Gasteiger partial charge is 0.106 e. The molecule has 0 aliphatic heterocycles. The van der Waals surface area contributed by atoms with Crippen molar-refractivity contribution in [3.8, 4) is 0 Å². The Kier molecular flexibility index (Phi) is 4.74. The second-order valence-electron chi connectivity index (χ2n) is 2.11. The molecule has 1 rings (SSSR count). The van der Waals surface area contributed by atoms with E-state index in [1.165, 1.54) is 11.1 Å². The Morgan fingerprint density at radius 2 is 1.64 bits per heavy atom. The summed E-state index contributed by atoms with van der Waals surface area (Å²) in [7, 11) is 0. The third kappa shape index (κ3) is 3.36. The van der Waals surface area contributed by atoms with Crippen molar-refractivity contribution in [1.29, 1.82) is 0 Å². The van der Waals surface area contributed by atoms with Gasteiger partial charge in [-0.2, -0.15) is 0 Å². The summed E-state index contributed by atoms with van der Waals surface area (Å²) < 4.78 is 0. The first kappa shape index (κ1) is 9.63. The van der Waals surface area contributed by atoms with Crippen LogP contribution in [0.15, 0.2) is 30.8 Å². The van der Waals surface area contributed by atoms with Crippen molar-refractivity contribution in [2.75, 3.05) is 0 Å². The van der Waals surface area contributed by atoms with Crippen LogP contribution in [0.4, 0.5) is 0 Å². The average molecular weight is 148 g/mol. The summed E-state index contributed by atoms with van der Waals surface area (Å²) in [5.41, 5.74) is 2.47. The van der Waals surface area contributed by atoms with Crippen LogP contribution in [0.1, 0.15) is 11.1 Å². The topological polar surface area (TPSA) is 17.1 Å². The molecule has 0 saturated carbocycles. The van der Waals surface area contributed by atoms with Crippen LogP contribution in [-0.4, -0.2) is 6.79 Å². The van der Waals surface area contributed by atoms with E-state index >= 15 is 0 Å². The molecular formula is C10H12O. The van der Waals surface area contributed by atoms with Crippen molar-refractivity contribution in [1.82, 2.24) is 0 Å². The summed E-state index contributed by atoms with van der Waals surface area (Å²) in [5.74, 6) is 0. The Morgan fingerprint density at radius 3 is 2.00 bits per heavy atom. The molecule has 0 fully saturated rings. The summed E-state index contributed by atoms with van der Waals surface area (Å²) in [6.45, 7) is 7.74. The average Bonchev–Trinajstić information content (AvgIpc) is 2.10. The number of rotatable bonds is 1. The Bertz CT molecular complexity index is 211. The number of carbonyl (C=O) groups is 1. The molecule has 1 aromatic carbocycles. The number of hydrogen-bond donors (Lipinski definition) is 0. The van der Waals surface area contributed by atoms with Gasteiger partial charge in [-0.25, -0.2) is 0 Å². The van der Waals surface area contributed by atoms with Gasteiger partial charge in [-0.3, -0.25) is 0 Å². The summed E-state index contributed by atoms with van der Waals surface area (Å²) in [6, 6.07) is 8.28. The fourth-order valence-electron chi connectivity index (χ4n) is 0.703. The van der Waals surface area contributed by atoms with E-state index in [-0.39, 0.29) is 0 Å². The van der Waals surface area contributed by atoms with Gasteiger partial charge in [0.2, 0.25) is 0 Å². The van der Waals surface area contributed by atoms with Crippen molar-refractivity contribution in [2.45, 2.75) is 6.92 Å². The van der Waals surface area contributed by atoms with Gasteiger partial charge in [-0.1, -0.05) is 42.5 Å². The normalized spacial score (nSPS) is 7.73. The Morgan fingerprint density at radius 1 is 1.18 bits per heavy atom. The van der Waals surface area contributed by atoms with Crippen LogP contribution in [0.25, 0.3) is 6.08 Å². The van der Waals surface area contributed by atoms with Gasteiger partial charge in [-0.15, -0.1) is 0 Å². The minimum absolute atomic E-state index is 1.18. The van der Waals surface area contributed by atoms with Crippen molar-refractivity contribution in [2.24, 2.45) is 0 Å². The summed E-state index contributed by atoms with van der Waals surface area (Å²) in [4.78, 5) is 8.00. The molecule has 0 unspecified atom stereocenters. The SMILES string of the molecule is C=Cc1ccc(C)cc1.C=O. The van der Waals surface area contributed by atoms with Crippen LogP contribution in [0.3, 0.4) is 0 Å². The minimum Gasteiger partial charge on any atom is -0.307 e. The fourth-order valence-corrected chi connectivity index (χ4v) is 0.703. The molecule has 1 heteroatoms. The quantitative estimate of drug-likeness (QED) is 0.598. The third-order valence-electron chi connectivity index (χ3n) is 1.31. The van der Waals surface area contributed by atoms with Crippen molar-refractivity contribution in [3.63, 3.8) is 0 Å². The lowest BCUT2D eigenvalue weighted by Gasteiger charge is -1.91. The molecule has 0 radical (unpaired) electrons. The molecule has 0 aromatic heterocycles. The largest absolute Gasteiger partial charge is 0.307 e. The number of aryl methyl sites for hydroxylation is 1. The van der Waals surface area contributed by atoms with E-state index in [2.05, 4.69) is 37.8 Å². The second-order valence-corrected chi connectivity index (χ2v) is 2.11. The highest BCUT2D eigenvalue weighted by Crippen LogP contribution is 2.02. The highest BCUT2D eigenvalue weighted by atomic mass is 16.1. The molecule has 0 bridgehead atoms. The van der Waals surface area contributed by atoms with Crippen LogP contribution in [0.5, 0.6) is 0 Å². The third-order valence-corrected chi connectivity index (χ3v) is 1.31. The fraction of sp³-hybridized carbons (Fsp3) is 0.100. The molecule has 0 N–H and O–H groups in total. The van der Waals surface area contributed by atoms with Crippen LogP contribution < -0.4 is 0 Å². The molecule has 0 aliphatic rings. The Balaban J connectivity index is 0.000000461. The predicted octanol–water partition coefficient (Wildman–Crippen LogP) is 2.45. The van der Waals surface area contributed by atoms with E-state index < -0.39 is 0 Å². The maximum Gasteiger partial charge on any atom is 0.106 e. The van der Waals surface area contributed by atoms with Gasteiger partial charge < -0.3 is 4.79 Å². The zero-order valence-corrected chi connectivity index (χ0v) is 6.71. The molecule has 0 spiro atoms. The zero-order chi connectivity index (χ0) is 8.69. The zero-order valence-electron chi connectivity index (χ0n) is 6.71. The maximum absolute atomic E-state index is 8.00. The number of benzene rings is 1. The van der Waals surface area contributed by atoms with Gasteiger partial charge in [0.25, 0.3) is 0 Å². The molecule has 58 valence electrons. The first-order chi connectivity index (χ1) is 5.33. The maximum atomic E-state index is 8.00. The lowest BCUT2D eigenvalue weighted by Crippen LogP contribution is -1.71. The Labute approximate surface area is 67.4 Å². The lowest BCUT2D eigenvalue weighted by atomic mass is 10.2. The van der Waals surface area contributed by atoms with Gasteiger partial charge >= 0.3 is 0 Å². The molecule has 11 heavy (non-hydrogen) atoms. The molecule has 0 saturated heterocycles. The predicted molar refractivity (Wildman–Crippen MR) is 48.4 cm³/mol. The molecule has 0 amide bonds. The van der Waals surface area contributed by atoms with Gasteiger partial charge in [0.05, 0.1) is 0 Å². The van der Waals surface area contributed by atoms with E-state index in [0.717, 1.165) is 0 Å². The van der Waals surface area contributed by atoms with E-state index in [9.17, 15) is 0 Å². The standard InChI is InChI=1S/C9H10.CH2O/c1-3-9-6-4-8(2)5-7-9;1-2/h3-7H,1H2,2H3;1H2. The number of hydrogen-bond acceptors (Lipinski definition) is 1. The molecule has 0 aliphatic carbocycles. The van der Waals surface area contributed by atoms with Crippen LogP contribution >= 0.6 is 0 Å². The molecule has 0 heterocycles. The van der Waals surface area contributed by atoms with Gasteiger partial charge in [0, 0.05) is 0 Å². The van der Waals surface area contributed by atoms with E-state index in [1.54, 1.807) is 0 Å². The van der Waals surface area contributed by atoms with E-state index in [1.807, 2.05) is 12.9 Å². The van der Waals surface area contributed by atoms with Crippen LogP contribution in [0.2, 0.25) is 0 Å². The van der Waals surface area contributed by atoms with E-state index in [0.29, 0.717) is 0 Å². The second kappa shape index (κ2) is 5.42. The molecular weight excluding hydrogens is 136 g/mol. The van der Waals surface area contributed by atoms with Gasteiger partial charge in [-0.05, 0) is 12.5 Å². The molecule has 1 aromatic rings. The summed E-state index contributed by atoms with van der Waals surface area (Å²) in [5, 5.41) is 0. The monoisotopic (exact) mass is 148 g/mol. The molecule has 0 atom stereocenters. The first-order valence-corrected chi connectivity index (χ1v) is 3.31. The van der Waals surface area contributed by atoms with Crippen LogP contribution in [0, 0.1) is 6.92 Å². The van der Waals surface area contributed by atoms with Crippen molar-refractivity contribution < 1.29 is 4.79 Å². The minimum atomic E-state index is 1.18. The van der Waals surface area contributed by atoms with E-state index in [4.69, 9.17) is 4.79 Å². The Hall–Kier alpha value is -1.37. The number of carbonyl (C=O) groups excluding carboxylic acids is 1. The lowest BCUT2D eigenvalue weighted by molar-refractivity contribution is -0.0979. The molecule has 1 nitrogen and oxygen atoms in total. The van der Waals surface area contributed by atoms with Crippen molar-refractivity contribution in [3.05, 3.63) is 42.0 Å². The highest BCUT2D eigenvalue weighted by Gasteiger charge is 1.82. The highest BCUT2D eigenvalue weighted by molar-refractivity contribution is 5.46. The summed E-state index contributed by atoms with van der Waals surface area (Å²) in [6.07, 6.45) is 1.85. The van der Waals surface area contributed by atoms with Gasteiger partial charge in [0.15, 0.2) is 0 Å². The summed E-state index contributed by atoms with van der Waals surface area (Å²) >= 11 is 0. The van der Waals surface area contributed by atoms with Crippen LogP contribution in [-0.2, 0) is 4.79 Å². The first-order valence-electron chi connectivity index (χ1n) is 3.31. The van der Waals surface area contributed by atoms with Crippen molar-refractivity contribution >= 4 is 12.9 Å². The van der Waals surface area contributed by atoms with Gasteiger partial charge in [0.1, 0.15) is 6.79 Å².